The monoisotopic (exact) mass is 225 g/mol. The Morgan fingerprint density at radius 2 is 2.40 bits per heavy atom. The summed E-state index contributed by atoms with van der Waals surface area (Å²) in [5.41, 5.74) is 1.83. The molecule has 1 saturated carbocycles. The van der Waals surface area contributed by atoms with Gasteiger partial charge in [-0.15, -0.1) is 11.3 Å². The fraction of sp³-hybridized carbons (Fsp3) is 0.600. The number of hydrogen-bond acceptors (Lipinski definition) is 4. The van der Waals surface area contributed by atoms with Gasteiger partial charge in [0.25, 0.3) is 0 Å². The van der Waals surface area contributed by atoms with Crippen LogP contribution >= 0.6 is 11.3 Å². The summed E-state index contributed by atoms with van der Waals surface area (Å²) in [6.07, 6.45) is 4.00. The van der Waals surface area contributed by atoms with Gasteiger partial charge in [0.05, 0.1) is 5.51 Å². The van der Waals surface area contributed by atoms with Gasteiger partial charge in [-0.05, 0) is 12.8 Å². The molecule has 0 unspecified atom stereocenters. The van der Waals surface area contributed by atoms with Crippen molar-refractivity contribution >= 4 is 17.2 Å². The highest BCUT2D eigenvalue weighted by Crippen LogP contribution is 2.28. The predicted octanol–water partition coefficient (Wildman–Crippen LogP) is 0.759. The van der Waals surface area contributed by atoms with Crippen molar-refractivity contribution in [3.8, 4) is 0 Å². The van der Waals surface area contributed by atoms with Crippen LogP contribution < -0.4 is 10.6 Å². The van der Waals surface area contributed by atoms with Crippen LogP contribution in [0.4, 0.5) is 0 Å². The third-order valence-corrected chi connectivity index (χ3v) is 3.11. The molecule has 15 heavy (non-hydrogen) atoms. The van der Waals surface area contributed by atoms with E-state index in [1.54, 1.807) is 11.3 Å². The molecule has 0 radical (unpaired) electrons. The van der Waals surface area contributed by atoms with E-state index in [1.807, 2.05) is 11.7 Å². The molecule has 0 aromatic carbocycles. The Morgan fingerprint density at radius 1 is 1.53 bits per heavy atom. The van der Waals surface area contributed by atoms with Crippen molar-refractivity contribution in [1.82, 2.24) is 15.6 Å². The van der Waals surface area contributed by atoms with Crippen LogP contribution in [0, 0.1) is 5.92 Å². The Hall–Kier alpha value is -0.940. The maximum atomic E-state index is 11.3. The Labute approximate surface area is 93.1 Å². The van der Waals surface area contributed by atoms with Crippen LogP contribution in [-0.2, 0) is 11.3 Å². The Bertz CT molecular complexity index is 308. The number of rotatable bonds is 6. The molecule has 0 spiro atoms. The standard InChI is InChI=1S/C10H15N3OS/c14-10(8-1-2-8)13-4-3-11-5-9-6-12-7-15-9/h6-8,11H,1-5H2,(H,13,14). The molecule has 0 saturated heterocycles. The molecule has 1 heterocycles. The summed E-state index contributed by atoms with van der Waals surface area (Å²) < 4.78 is 0. The molecular formula is C10H15N3OS. The van der Waals surface area contributed by atoms with Gasteiger partial charge < -0.3 is 10.6 Å². The van der Waals surface area contributed by atoms with E-state index in [0.29, 0.717) is 12.5 Å². The molecule has 1 amide bonds. The molecule has 0 bridgehead atoms. The van der Waals surface area contributed by atoms with E-state index in [4.69, 9.17) is 0 Å². The molecule has 2 N–H and O–H groups in total. The normalized spacial score (nSPS) is 15.2. The molecular weight excluding hydrogens is 210 g/mol. The van der Waals surface area contributed by atoms with Crippen LogP contribution in [0.3, 0.4) is 0 Å². The van der Waals surface area contributed by atoms with Gasteiger partial charge in [0.2, 0.25) is 5.91 Å². The van der Waals surface area contributed by atoms with Crippen molar-refractivity contribution in [2.24, 2.45) is 5.92 Å². The summed E-state index contributed by atoms with van der Waals surface area (Å²) >= 11 is 1.64. The van der Waals surface area contributed by atoms with Crippen molar-refractivity contribution < 1.29 is 4.79 Å². The second-order valence-corrected chi connectivity index (χ2v) is 4.68. The van der Waals surface area contributed by atoms with E-state index in [1.165, 1.54) is 4.88 Å². The van der Waals surface area contributed by atoms with E-state index < -0.39 is 0 Å². The number of hydrogen-bond donors (Lipinski definition) is 2. The lowest BCUT2D eigenvalue weighted by atomic mass is 10.4. The van der Waals surface area contributed by atoms with Gasteiger partial charge in [-0.3, -0.25) is 9.78 Å². The molecule has 0 aliphatic heterocycles. The van der Waals surface area contributed by atoms with Crippen molar-refractivity contribution in [2.45, 2.75) is 19.4 Å². The number of nitrogens with zero attached hydrogens (tertiary/aromatic N) is 1. The molecule has 4 nitrogen and oxygen atoms in total. The average molecular weight is 225 g/mol. The number of carbonyl (C=O) groups excluding carboxylic acids is 1. The van der Waals surface area contributed by atoms with Crippen molar-refractivity contribution in [3.63, 3.8) is 0 Å². The molecule has 0 atom stereocenters. The van der Waals surface area contributed by atoms with Gasteiger partial charge in [0.1, 0.15) is 0 Å². The molecule has 2 rings (SSSR count). The highest BCUT2D eigenvalue weighted by atomic mass is 32.1. The average Bonchev–Trinajstić information content (AvgIpc) is 2.97. The third kappa shape index (κ3) is 3.60. The summed E-state index contributed by atoms with van der Waals surface area (Å²) in [4.78, 5) is 16.5. The Morgan fingerprint density at radius 3 is 3.07 bits per heavy atom. The first-order valence-corrected chi connectivity index (χ1v) is 6.10. The molecule has 82 valence electrons. The summed E-state index contributed by atoms with van der Waals surface area (Å²) in [6.45, 7) is 2.37. The lowest BCUT2D eigenvalue weighted by Crippen LogP contribution is -2.32. The van der Waals surface area contributed by atoms with E-state index in [0.717, 1.165) is 25.9 Å². The topological polar surface area (TPSA) is 54.0 Å². The van der Waals surface area contributed by atoms with Crippen molar-refractivity contribution in [3.05, 3.63) is 16.6 Å². The summed E-state index contributed by atoms with van der Waals surface area (Å²) in [5.74, 6) is 0.529. The molecule has 1 fully saturated rings. The highest BCUT2D eigenvalue weighted by molar-refractivity contribution is 7.09. The van der Waals surface area contributed by atoms with Gasteiger partial charge in [0, 0.05) is 36.6 Å². The van der Waals surface area contributed by atoms with Crippen molar-refractivity contribution in [1.29, 1.82) is 0 Å². The fourth-order valence-corrected chi connectivity index (χ4v) is 1.87. The minimum Gasteiger partial charge on any atom is -0.355 e. The zero-order valence-electron chi connectivity index (χ0n) is 8.53. The van der Waals surface area contributed by atoms with Gasteiger partial charge in [-0.25, -0.2) is 0 Å². The summed E-state index contributed by atoms with van der Waals surface area (Å²) in [5, 5.41) is 6.17. The highest BCUT2D eigenvalue weighted by Gasteiger charge is 2.28. The quantitative estimate of drug-likeness (QED) is 0.703. The SMILES string of the molecule is O=C(NCCNCc1cncs1)C1CC1. The van der Waals surface area contributed by atoms with Gasteiger partial charge in [-0.1, -0.05) is 0 Å². The maximum absolute atomic E-state index is 11.3. The predicted molar refractivity (Wildman–Crippen MR) is 59.6 cm³/mol. The number of thiazole rings is 1. The second-order valence-electron chi connectivity index (χ2n) is 3.71. The van der Waals surface area contributed by atoms with Crippen LogP contribution in [0.15, 0.2) is 11.7 Å². The van der Waals surface area contributed by atoms with Crippen LogP contribution in [0.5, 0.6) is 0 Å². The first-order valence-electron chi connectivity index (χ1n) is 5.22. The van der Waals surface area contributed by atoms with Crippen molar-refractivity contribution in [2.75, 3.05) is 13.1 Å². The fourth-order valence-electron chi connectivity index (χ4n) is 1.30. The molecule has 1 aromatic rings. The maximum Gasteiger partial charge on any atom is 0.223 e. The first kappa shape index (κ1) is 10.6. The minimum absolute atomic E-state index is 0.217. The summed E-state index contributed by atoms with van der Waals surface area (Å²) in [7, 11) is 0. The number of amides is 1. The van der Waals surface area contributed by atoms with Gasteiger partial charge in [-0.2, -0.15) is 0 Å². The number of aromatic nitrogens is 1. The Balaban J connectivity index is 1.50. The first-order chi connectivity index (χ1) is 7.36. The van der Waals surface area contributed by atoms with E-state index in [9.17, 15) is 4.79 Å². The largest absolute Gasteiger partial charge is 0.355 e. The second kappa shape index (κ2) is 5.23. The zero-order chi connectivity index (χ0) is 10.5. The molecule has 1 aliphatic rings. The third-order valence-electron chi connectivity index (χ3n) is 2.33. The number of nitrogens with one attached hydrogen (secondary N) is 2. The van der Waals surface area contributed by atoms with Crippen LogP contribution in [0.2, 0.25) is 0 Å². The van der Waals surface area contributed by atoms with Gasteiger partial charge >= 0.3 is 0 Å². The van der Waals surface area contributed by atoms with E-state index in [-0.39, 0.29) is 5.91 Å². The number of carbonyl (C=O) groups is 1. The Kier molecular flexibility index (Phi) is 3.69. The molecule has 1 aromatic heterocycles. The smallest absolute Gasteiger partial charge is 0.223 e. The lowest BCUT2D eigenvalue weighted by molar-refractivity contribution is -0.122. The zero-order valence-corrected chi connectivity index (χ0v) is 9.35. The van der Waals surface area contributed by atoms with Crippen LogP contribution in [-0.4, -0.2) is 24.0 Å². The van der Waals surface area contributed by atoms with Crippen LogP contribution in [0.1, 0.15) is 17.7 Å². The lowest BCUT2D eigenvalue weighted by Gasteiger charge is -2.04. The molecule has 5 heteroatoms. The minimum atomic E-state index is 0.217. The van der Waals surface area contributed by atoms with Crippen LogP contribution in [0.25, 0.3) is 0 Å². The molecule has 1 aliphatic carbocycles. The van der Waals surface area contributed by atoms with E-state index in [2.05, 4.69) is 15.6 Å². The van der Waals surface area contributed by atoms with Gasteiger partial charge in [0.15, 0.2) is 0 Å². The summed E-state index contributed by atoms with van der Waals surface area (Å²) in [6, 6.07) is 0. The van der Waals surface area contributed by atoms with E-state index >= 15 is 0 Å².